The maximum atomic E-state index is 13.1. The maximum absolute atomic E-state index is 13.1. The molecule has 0 radical (unpaired) electrons. The second kappa shape index (κ2) is 15.5. The summed E-state index contributed by atoms with van der Waals surface area (Å²) in [6.07, 6.45) is 19.3. The molecule has 2 saturated carbocycles. The molecule has 2 aromatic rings. The Morgan fingerprint density at radius 2 is 1.79 bits per heavy atom. The smallest absolute Gasteiger partial charge is 0.255 e. The average molecular weight is 755 g/mol. The average Bonchev–Trinajstić information content (AvgIpc) is 4.13. The van der Waals surface area contributed by atoms with E-state index in [0.717, 1.165) is 74.6 Å². The van der Waals surface area contributed by atoms with Gasteiger partial charge >= 0.3 is 0 Å². The highest BCUT2D eigenvalue weighted by molar-refractivity contribution is 6.05. The number of anilines is 1. The van der Waals surface area contributed by atoms with E-state index in [1.54, 1.807) is 4.90 Å². The Bertz CT molecular complexity index is 1990. The van der Waals surface area contributed by atoms with Gasteiger partial charge in [0.05, 0.1) is 6.61 Å². The van der Waals surface area contributed by atoms with Gasteiger partial charge in [-0.2, -0.15) is 0 Å². The summed E-state index contributed by atoms with van der Waals surface area (Å²) in [5, 5.41) is 2.39. The number of fused-ring (bicyclic) bond motifs is 1. The summed E-state index contributed by atoms with van der Waals surface area (Å²) in [6.45, 7) is 15.4. The van der Waals surface area contributed by atoms with Crippen molar-refractivity contribution in [2.45, 2.75) is 89.6 Å². The fraction of sp³-hybridized carbons (Fsp3) is 0.521. The molecule has 0 aromatic heterocycles. The molecule has 8 heteroatoms. The van der Waals surface area contributed by atoms with Crippen molar-refractivity contribution in [2.24, 2.45) is 29.6 Å². The standard InChI is InChI=1S/C48H58N4O4/c1-4-38-30(2)10-13-39(32-8-6-5-7-9-32)46(38)41-15-12-37(27-43(41)42-24-31(42)3)56-29-35-25-33(35)18-19-50-20-22-51(23-21-50)36-11-14-40-34(26-36)28-52(48(40)55)44-16-17-45(53)49-47(44)54/h4-8,11-12,14-15,26-27,31-33,35,39,42,44,46H,1,9-10,13,16-25,28-29H2,2-3H3,(H,49,53,54)/t31?,32?,33-,35+,39-,42+,44?,46-/m1/s1. The molecule has 3 unspecified atom stereocenters. The minimum atomic E-state index is -0.581. The van der Waals surface area contributed by atoms with Gasteiger partial charge in [-0.3, -0.25) is 24.6 Å². The van der Waals surface area contributed by atoms with Crippen LogP contribution in [0.2, 0.25) is 0 Å². The molecule has 9 rings (SSSR count). The molecule has 56 heavy (non-hydrogen) atoms. The molecule has 0 bridgehead atoms. The van der Waals surface area contributed by atoms with E-state index in [1.807, 2.05) is 12.1 Å². The van der Waals surface area contributed by atoms with Crippen molar-refractivity contribution in [3.63, 3.8) is 0 Å². The predicted molar refractivity (Wildman–Crippen MR) is 221 cm³/mol. The van der Waals surface area contributed by atoms with Crippen molar-refractivity contribution in [3.05, 3.63) is 107 Å². The molecular weight excluding hydrogens is 697 g/mol. The van der Waals surface area contributed by atoms with Gasteiger partial charge in [-0.15, -0.1) is 0 Å². The zero-order valence-electron chi connectivity index (χ0n) is 33.3. The van der Waals surface area contributed by atoms with Gasteiger partial charge in [0.2, 0.25) is 11.8 Å². The topological polar surface area (TPSA) is 82.2 Å². The number of carbonyl (C=O) groups excluding carboxylic acids is 3. The quantitative estimate of drug-likeness (QED) is 0.222. The third-order valence-corrected chi connectivity index (χ3v) is 14.4. The number of carbonyl (C=O) groups is 3. The molecule has 3 amide bonds. The van der Waals surface area contributed by atoms with Crippen LogP contribution < -0.4 is 15.0 Å². The summed E-state index contributed by atoms with van der Waals surface area (Å²) in [6, 6.07) is 12.6. The number of allylic oxidation sites excluding steroid dienone is 7. The van der Waals surface area contributed by atoms with Crippen molar-refractivity contribution in [1.29, 1.82) is 0 Å². The van der Waals surface area contributed by atoms with Crippen molar-refractivity contribution < 1.29 is 19.1 Å². The normalized spacial score (nSPS) is 31.4. The monoisotopic (exact) mass is 754 g/mol. The number of nitrogens with one attached hydrogen (secondary N) is 1. The second-order valence-corrected chi connectivity index (χ2v) is 17.9. The highest BCUT2D eigenvalue weighted by Gasteiger charge is 2.43. The van der Waals surface area contributed by atoms with Crippen molar-refractivity contribution in [1.82, 2.24) is 15.1 Å². The van der Waals surface area contributed by atoms with E-state index < -0.39 is 6.04 Å². The molecule has 1 N–H and O–H groups in total. The number of amides is 3. The first-order valence-corrected chi connectivity index (χ1v) is 21.4. The van der Waals surface area contributed by atoms with Crippen LogP contribution in [0.3, 0.4) is 0 Å². The fourth-order valence-corrected chi connectivity index (χ4v) is 10.7. The van der Waals surface area contributed by atoms with Gasteiger partial charge in [0, 0.05) is 56.3 Å². The molecule has 7 aliphatic rings. The van der Waals surface area contributed by atoms with Gasteiger partial charge in [-0.05, 0) is 147 Å². The summed E-state index contributed by atoms with van der Waals surface area (Å²) in [5.41, 5.74) is 8.77. The van der Waals surface area contributed by atoms with Gasteiger partial charge < -0.3 is 14.5 Å². The first-order chi connectivity index (χ1) is 27.2. The molecule has 0 spiro atoms. The Balaban J connectivity index is 0.765. The van der Waals surface area contributed by atoms with Gasteiger partial charge in [-0.1, -0.05) is 55.5 Å². The molecule has 2 aromatic carbocycles. The predicted octanol–water partition coefficient (Wildman–Crippen LogP) is 7.93. The van der Waals surface area contributed by atoms with Crippen molar-refractivity contribution >= 4 is 23.4 Å². The number of piperazine rings is 1. The van der Waals surface area contributed by atoms with E-state index >= 15 is 0 Å². The van der Waals surface area contributed by atoms with Crippen molar-refractivity contribution in [2.75, 3.05) is 44.2 Å². The van der Waals surface area contributed by atoms with Gasteiger partial charge in [0.25, 0.3) is 5.91 Å². The molecule has 294 valence electrons. The number of nitrogens with zero attached hydrogens (tertiary/aromatic N) is 3. The summed E-state index contributed by atoms with van der Waals surface area (Å²) in [4.78, 5) is 43.9. The van der Waals surface area contributed by atoms with Gasteiger partial charge in [-0.25, -0.2) is 0 Å². The Hall–Kier alpha value is -4.43. The van der Waals surface area contributed by atoms with Crippen LogP contribution in [0.15, 0.2) is 84.5 Å². The van der Waals surface area contributed by atoms with Crippen LogP contribution in [-0.2, 0) is 16.1 Å². The van der Waals surface area contributed by atoms with Crippen LogP contribution in [0.4, 0.5) is 5.69 Å². The Morgan fingerprint density at radius 3 is 2.54 bits per heavy atom. The molecule has 8 nitrogen and oxygen atoms in total. The number of benzene rings is 2. The number of hydrogen-bond donors (Lipinski definition) is 1. The van der Waals surface area contributed by atoms with E-state index in [9.17, 15) is 14.4 Å². The number of hydrogen-bond acceptors (Lipinski definition) is 6. The minimum Gasteiger partial charge on any atom is -0.493 e. The number of rotatable bonds is 12. The van der Waals surface area contributed by atoms with Gasteiger partial charge in [0.15, 0.2) is 0 Å². The molecule has 2 saturated heterocycles. The summed E-state index contributed by atoms with van der Waals surface area (Å²) >= 11 is 0. The maximum Gasteiger partial charge on any atom is 0.255 e. The summed E-state index contributed by atoms with van der Waals surface area (Å²) in [5.74, 6) is 4.58. The Morgan fingerprint density at radius 1 is 0.946 bits per heavy atom. The van der Waals surface area contributed by atoms with Crippen LogP contribution in [0, 0.1) is 29.6 Å². The number of ether oxygens (including phenoxy) is 1. The minimum absolute atomic E-state index is 0.117. The lowest BCUT2D eigenvalue weighted by molar-refractivity contribution is -0.136. The largest absolute Gasteiger partial charge is 0.493 e. The van der Waals surface area contributed by atoms with Crippen LogP contribution >= 0.6 is 0 Å². The molecular formula is C48H58N4O4. The third-order valence-electron chi connectivity index (χ3n) is 14.4. The van der Waals surface area contributed by atoms with Crippen molar-refractivity contribution in [3.8, 4) is 5.75 Å². The molecule has 4 aliphatic carbocycles. The van der Waals surface area contributed by atoms with E-state index in [4.69, 9.17) is 4.74 Å². The Labute approximate surface area is 332 Å². The zero-order valence-corrected chi connectivity index (χ0v) is 33.3. The lowest BCUT2D eigenvalue weighted by atomic mass is 9.65. The van der Waals surface area contributed by atoms with E-state index in [0.29, 0.717) is 48.1 Å². The van der Waals surface area contributed by atoms with Crippen LogP contribution in [-0.4, -0.2) is 72.9 Å². The zero-order chi connectivity index (χ0) is 38.5. The molecule has 8 atom stereocenters. The molecule has 4 fully saturated rings. The highest BCUT2D eigenvalue weighted by atomic mass is 16.5. The van der Waals surface area contributed by atoms with Gasteiger partial charge in [0.1, 0.15) is 11.8 Å². The first-order valence-electron chi connectivity index (χ1n) is 21.4. The Kier molecular flexibility index (Phi) is 10.3. The van der Waals surface area contributed by atoms with E-state index in [-0.39, 0.29) is 24.1 Å². The summed E-state index contributed by atoms with van der Waals surface area (Å²) in [7, 11) is 0. The van der Waals surface area contributed by atoms with E-state index in [1.165, 1.54) is 54.4 Å². The second-order valence-electron chi connectivity index (χ2n) is 17.9. The lowest BCUT2D eigenvalue weighted by Crippen LogP contribution is -2.52. The molecule has 3 aliphatic heterocycles. The lowest BCUT2D eigenvalue weighted by Gasteiger charge is -2.39. The van der Waals surface area contributed by atoms with Crippen LogP contribution in [0.25, 0.3) is 0 Å². The van der Waals surface area contributed by atoms with E-state index in [2.05, 4.69) is 90.2 Å². The molecule has 3 heterocycles. The number of imide groups is 1. The third kappa shape index (κ3) is 7.42. The highest BCUT2D eigenvalue weighted by Crippen LogP contribution is 2.55. The van der Waals surface area contributed by atoms with Crippen LogP contribution in [0.5, 0.6) is 5.75 Å². The fourth-order valence-electron chi connectivity index (χ4n) is 10.7. The van der Waals surface area contributed by atoms with Crippen LogP contribution in [0.1, 0.15) is 104 Å². The first kappa shape index (κ1) is 37.2. The SMILES string of the molecule is C=CC1=C(C)CC[C@H](C2C=CC=CC2)[C@@H]1c1ccc(OC[C@@H]2C[C@H]2CCN2CCN(c3ccc4c(c3)CN(C3CCC(=O)NC3=O)C4=O)CC2)cc1[C@H]1CC1C. The summed E-state index contributed by atoms with van der Waals surface area (Å²) < 4.78 is 6.59. The number of piperidine rings is 1.